The maximum Gasteiger partial charge on any atom is 0.227 e. The van der Waals surface area contributed by atoms with E-state index in [0.29, 0.717) is 13.2 Å². The first-order chi connectivity index (χ1) is 12.3. The first-order valence-corrected chi connectivity index (χ1v) is 8.72. The van der Waals surface area contributed by atoms with Crippen LogP contribution in [0.3, 0.4) is 0 Å². The average Bonchev–Trinajstić information content (AvgIpc) is 2.66. The third-order valence-electron chi connectivity index (χ3n) is 4.32. The molecule has 128 valence electrons. The summed E-state index contributed by atoms with van der Waals surface area (Å²) in [6, 6.07) is 24.1. The summed E-state index contributed by atoms with van der Waals surface area (Å²) in [5, 5.41) is 5.32. The van der Waals surface area contributed by atoms with Gasteiger partial charge in [-0.15, -0.1) is 0 Å². The molecule has 1 atom stereocenters. The van der Waals surface area contributed by atoms with Gasteiger partial charge in [0.1, 0.15) is 12.4 Å². The molecule has 3 nitrogen and oxygen atoms in total. The fourth-order valence-electron chi connectivity index (χ4n) is 2.98. The van der Waals surface area contributed by atoms with Gasteiger partial charge in [0.2, 0.25) is 5.91 Å². The van der Waals surface area contributed by atoms with E-state index in [1.165, 1.54) is 5.39 Å². The Balaban J connectivity index is 1.51. The van der Waals surface area contributed by atoms with Gasteiger partial charge in [-0.25, -0.2) is 0 Å². The van der Waals surface area contributed by atoms with Crippen LogP contribution in [0.1, 0.15) is 24.8 Å². The Morgan fingerprint density at radius 2 is 1.68 bits per heavy atom. The van der Waals surface area contributed by atoms with Crippen molar-refractivity contribution in [2.75, 3.05) is 13.2 Å². The van der Waals surface area contributed by atoms with E-state index < -0.39 is 0 Å². The first-order valence-electron chi connectivity index (χ1n) is 8.72. The quantitative estimate of drug-likeness (QED) is 0.645. The topological polar surface area (TPSA) is 38.3 Å². The maximum absolute atomic E-state index is 12.4. The van der Waals surface area contributed by atoms with Crippen LogP contribution in [0.2, 0.25) is 0 Å². The molecule has 0 aliphatic rings. The highest BCUT2D eigenvalue weighted by molar-refractivity contribution is 5.84. The molecule has 1 amide bonds. The van der Waals surface area contributed by atoms with E-state index in [2.05, 4.69) is 17.4 Å². The number of carbonyl (C=O) groups excluding carboxylic acids is 1. The number of rotatable bonds is 7. The highest BCUT2D eigenvalue weighted by Crippen LogP contribution is 2.21. The molecule has 0 saturated heterocycles. The summed E-state index contributed by atoms with van der Waals surface area (Å²) in [5.41, 5.74) is 1.05. The van der Waals surface area contributed by atoms with E-state index in [4.69, 9.17) is 4.74 Å². The van der Waals surface area contributed by atoms with Crippen LogP contribution in [-0.2, 0) is 4.79 Å². The Labute approximate surface area is 148 Å². The predicted octanol–water partition coefficient (Wildman–Crippen LogP) is 4.53. The summed E-state index contributed by atoms with van der Waals surface area (Å²) in [4.78, 5) is 12.4. The van der Waals surface area contributed by atoms with E-state index >= 15 is 0 Å². The first kappa shape index (κ1) is 17.0. The van der Waals surface area contributed by atoms with Gasteiger partial charge in [0.15, 0.2) is 0 Å². The van der Waals surface area contributed by atoms with Gasteiger partial charge in [-0.3, -0.25) is 4.79 Å². The van der Waals surface area contributed by atoms with Crippen LogP contribution in [-0.4, -0.2) is 19.1 Å². The van der Waals surface area contributed by atoms with E-state index in [1.807, 2.05) is 67.6 Å². The SMILES string of the molecule is CCC(C(=O)NCCOc1ccc2ccccc2c1)c1ccccc1. The molecule has 3 heteroatoms. The van der Waals surface area contributed by atoms with Crippen molar-refractivity contribution >= 4 is 16.7 Å². The van der Waals surface area contributed by atoms with Crippen LogP contribution in [0.15, 0.2) is 72.8 Å². The van der Waals surface area contributed by atoms with Crippen molar-refractivity contribution in [3.8, 4) is 5.75 Å². The smallest absolute Gasteiger partial charge is 0.227 e. The second kappa shape index (κ2) is 8.34. The second-order valence-corrected chi connectivity index (χ2v) is 6.02. The van der Waals surface area contributed by atoms with Crippen molar-refractivity contribution in [1.29, 1.82) is 0 Å². The fourth-order valence-corrected chi connectivity index (χ4v) is 2.98. The zero-order valence-electron chi connectivity index (χ0n) is 14.4. The van der Waals surface area contributed by atoms with Gasteiger partial charge in [-0.1, -0.05) is 67.6 Å². The minimum atomic E-state index is -0.109. The van der Waals surface area contributed by atoms with Gasteiger partial charge < -0.3 is 10.1 Å². The molecule has 0 bridgehead atoms. The zero-order valence-corrected chi connectivity index (χ0v) is 14.4. The van der Waals surface area contributed by atoms with Crippen LogP contribution < -0.4 is 10.1 Å². The minimum Gasteiger partial charge on any atom is -0.492 e. The maximum atomic E-state index is 12.4. The molecule has 3 aromatic rings. The van der Waals surface area contributed by atoms with Crippen LogP contribution in [0.25, 0.3) is 10.8 Å². The highest BCUT2D eigenvalue weighted by Gasteiger charge is 2.17. The summed E-state index contributed by atoms with van der Waals surface area (Å²) in [5.74, 6) is 0.765. The molecule has 0 spiro atoms. The Morgan fingerprint density at radius 1 is 0.960 bits per heavy atom. The van der Waals surface area contributed by atoms with Crippen molar-refractivity contribution in [2.24, 2.45) is 0 Å². The normalized spacial score (nSPS) is 11.9. The van der Waals surface area contributed by atoms with Gasteiger partial charge in [-0.2, -0.15) is 0 Å². The van der Waals surface area contributed by atoms with E-state index in [0.717, 1.165) is 23.1 Å². The lowest BCUT2D eigenvalue weighted by Crippen LogP contribution is -2.32. The second-order valence-electron chi connectivity index (χ2n) is 6.02. The largest absolute Gasteiger partial charge is 0.492 e. The summed E-state index contributed by atoms with van der Waals surface area (Å²) in [6.45, 7) is 2.98. The van der Waals surface area contributed by atoms with Gasteiger partial charge >= 0.3 is 0 Å². The zero-order chi connectivity index (χ0) is 17.5. The van der Waals surface area contributed by atoms with Gasteiger partial charge in [0.25, 0.3) is 0 Å². The molecule has 25 heavy (non-hydrogen) atoms. The third-order valence-corrected chi connectivity index (χ3v) is 4.32. The molecular weight excluding hydrogens is 310 g/mol. The number of nitrogens with one attached hydrogen (secondary N) is 1. The summed E-state index contributed by atoms with van der Waals surface area (Å²) < 4.78 is 5.77. The molecule has 0 aliphatic heterocycles. The Hall–Kier alpha value is -2.81. The van der Waals surface area contributed by atoms with Crippen LogP contribution in [0.4, 0.5) is 0 Å². The van der Waals surface area contributed by atoms with Crippen molar-refractivity contribution in [2.45, 2.75) is 19.3 Å². The lowest BCUT2D eigenvalue weighted by Gasteiger charge is -2.15. The molecule has 0 heterocycles. The fraction of sp³-hybridized carbons (Fsp3) is 0.227. The van der Waals surface area contributed by atoms with Crippen molar-refractivity contribution in [3.63, 3.8) is 0 Å². The van der Waals surface area contributed by atoms with Crippen molar-refractivity contribution in [3.05, 3.63) is 78.4 Å². The molecular formula is C22H23NO2. The van der Waals surface area contributed by atoms with Crippen molar-refractivity contribution < 1.29 is 9.53 Å². The van der Waals surface area contributed by atoms with Gasteiger partial charge in [-0.05, 0) is 34.9 Å². The summed E-state index contributed by atoms with van der Waals surface area (Å²) in [6.07, 6.45) is 0.779. The molecule has 0 aromatic heterocycles. The van der Waals surface area contributed by atoms with Crippen LogP contribution >= 0.6 is 0 Å². The molecule has 3 aromatic carbocycles. The summed E-state index contributed by atoms with van der Waals surface area (Å²) >= 11 is 0. The van der Waals surface area contributed by atoms with E-state index in [1.54, 1.807) is 0 Å². The van der Waals surface area contributed by atoms with Crippen LogP contribution in [0, 0.1) is 0 Å². The number of benzene rings is 3. The number of hydrogen-bond donors (Lipinski definition) is 1. The highest BCUT2D eigenvalue weighted by atomic mass is 16.5. The van der Waals surface area contributed by atoms with E-state index in [-0.39, 0.29) is 11.8 Å². The number of fused-ring (bicyclic) bond motifs is 1. The average molecular weight is 333 g/mol. The van der Waals surface area contributed by atoms with Crippen LogP contribution in [0.5, 0.6) is 5.75 Å². The Bertz CT molecular complexity index is 830. The molecule has 0 fully saturated rings. The number of ether oxygens (including phenoxy) is 1. The molecule has 3 rings (SSSR count). The predicted molar refractivity (Wildman–Crippen MR) is 102 cm³/mol. The van der Waals surface area contributed by atoms with E-state index in [9.17, 15) is 4.79 Å². The lowest BCUT2D eigenvalue weighted by molar-refractivity contribution is -0.122. The Morgan fingerprint density at radius 3 is 2.44 bits per heavy atom. The van der Waals surface area contributed by atoms with Crippen molar-refractivity contribution in [1.82, 2.24) is 5.32 Å². The molecule has 0 saturated carbocycles. The number of carbonyl (C=O) groups is 1. The lowest BCUT2D eigenvalue weighted by atomic mass is 9.96. The van der Waals surface area contributed by atoms with Gasteiger partial charge in [0.05, 0.1) is 12.5 Å². The summed E-state index contributed by atoms with van der Waals surface area (Å²) in [7, 11) is 0. The minimum absolute atomic E-state index is 0.0517. The molecule has 0 radical (unpaired) electrons. The Kier molecular flexibility index (Phi) is 5.68. The molecule has 1 N–H and O–H groups in total. The van der Waals surface area contributed by atoms with Gasteiger partial charge in [0, 0.05) is 0 Å². The third kappa shape index (κ3) is 4.38. The standard InChI is InChI=1S/C22H23NO2/c1-2-21(18-9-4-3-5-10-18)22(24)23-14-15-25-20-13-12-17-8-6-7-11-19(17)16-20/h3-13,16,21H,2,14-15H2,1H3,(H,23,24). The number of hydrogen-bond acceptors (Lipinski definition) is 2. The molecule has 1 unspecified atom stereocenters. The molecule has 0 aliphatic carbocycles. The monoisotopic (exact) mass is 333 g/mol. The number of amides is 1.